The van der Waals surface area contributed by atoms with E-state index in [1.807, 2.05) is 6.26 Å². The van der Waals surface area contributed by atoms with Crippen LogP contribution in [-0.4, -0.2) is 19.2 Å². The van der Waals surface area contributed by atoms with Crippen LogP contribution in [0.15, 0.2) is 47.3 Å². The van der Waals surface area contributed by atoms with Crippen molar-refractivity contribution in [2.24, 2.45) is 0 Å². The van der Waals surface area contributed by atoms with Crippen molar-refractivity contribution in [1.29, 1.82) is 0 Å². The molecule has 1 aromatic carbocycles. The van der Waals surface area contributed by atoms with Gasteiger partial charge in [-0.3, -0.25) is 0 Å². The Bertz CT molecular complexity index is 536. The lowest BCUT2D eigenvalue weighted by Crippen LogP contribution is -2.40. The topological polar surface area (TPSA) is 34.4 Å². The lowest BCUT2D eigenvalue weighted by molar-refractivity contribution is 0.0105. The van der Waals surface area contributed by atoms with Crippen LogP contribution in [0.5, 0.6) is 0 Å². The smallest absolute Gasteiger partial charge is 0.0938 e. The first kappa shape index (κ1) is 13.4. The fraction of sp³-hybridized carbons (Fsp3) is 0.412. The van der Waals surface area contributed by atoms with Gasteiger partial charge in [-0.05, 0) is 37.1 Å². The predicted molar refractivity (Wildman–Crippen MR) is 78.7 cm³/mol. The van der Waals surface area contributed by atoms with Gasteiger partial charge in [0.05, 0.1) is 25.2 Å². The summed E-state index contributed by atoms with van der Waals surface area (Å²) in [4.78, 5) is 0. The lowest BCUT2D eigenvalue weighted by Gasteiger charge is -2.31. The molecule has 0 amide bonds. The molecule has 1 N–H and O–H groups in total. The third-order valence-electron chi connectivity index (χ3n) is 3.94. The molecule has 2 aromatic rings. The maximum absolute atomic E-state index is 6.16. The van der Waals surface area contributed by atoms with E-state index in [1.54, 1.807) is 6.26 Å². The summed E-state index contributed by atoms with van der Waals surface area (Å²) in [6.45, 7) is 4.73. The van der Waals surface area contributed by atoms with Crippen LogP contribution in [0.25, 0.3) is 0 Å². The van der Waals surface area contributed by atoms with Crippen LogP contribution in [-0.2, 0) is 11.3 Å². The normalized spacial score (nSPS) is 22.9. The van der Waals surface area contributed by atoms with E-state index in [0.29, 0.717) is 12.5 Å². The number of furan rings is 1. The Labute approximate surface area is 119 Å². The molecule has 0 aliphatic carbocycles. The summed E-state index contributed by atoms with van der Waals surface area (Å²) in [6, 6.07) is 10.6. The number of aryl methyl sites for hydroxylation is 1. The first-order chi connectivity index (χ1) is 9.83. The van der Waals surface area contributed by atoms with Crippen LogP contribution < -0.4 is 5.32 Å². The molecule has 1 aromatic heterocycles. The lowest BCUT2D eigenvalue weighted by atomic mass is 9.89. The van der Waals surface area contributed by atoms with Gasteiger partial charge in [0.15, 0.2) is 0 Å². The van der Waals surface area contributed by atoms with Crippen molar-refractivity contribution in [3.05, 3.63) is 59.5 Å². The van der Waals surface area contributed by atoms with Crippen molar-refractivity contribution in [2.45, 2.75) is 32.0 Å². The zero-order chi connectivity index (χ0) is 13.8. The van der Waals surface area contributed by atoms with Gasteiger partial charge in [0.1, 0.15) is 0 Å². The van der Waals surface area contributed by atoms with E-state index >= 15 is 0 Å². The SMILES string of the molecule is Cc1cccc(CO[C@H]2CNCC[C@H]2c2ccoc2)c1. The molecule has 0 unspecified atom stereocenters. The molecule has 2 heterocycles. The van der Waals surface area contributed by atoms with Crippen molar-refractivity contribution in [1.82, 2.24) is 5.32 Å². The molecule has 106 valence electrons. The average molecular weight is 271 g/mol. The van der Waals surface area contributed by atoms with Gasteiger partial charge in [0.25, 0.3) is 0 Å². The van der Waals surface area contributed by atoms with E-state index in [0.717, 1.165) is 19.5 Å². The first-order valence-corrected chi connectivity index (χ1v) is 7.23. The second kappa shape index (κ2) is 6.25. The number of hydrogen-bond acceptors (Lipinski definition) is 3. The predicted octanol–water partition coefficient (Wildman–Crippen LogP) is 3.25. The van der Waals surface area contributed by atoms with Gasteiger partial charge in [-0.2, -0.15) is 0 Å². The number of hydrogen-bond donors (Lipinski definition) is 1. The third kappa shape index (κ3) is 3.11. The number of piperidine rings is 1. The average Bonchev–Trinajstić information content (AvgIpc) is 3.00. The van der Waals surface area contributed by atoms with Crippen molar-refractivity contribution < 1.29 is 9.15 Å². The Morgan fingerprint density at radius 3 is 3.10 bits per heavy atom. The highest BCUT2D eigenvalue weighted by atomic mass is 16.5. The monoisotopic (exact) mass is 271 g/mol. The van der Waals surface area contributed by atoms with E-state index in [9.17, 15) is 0 Å². The fourth-order valence-electron chi connectivity index (χ4n) is 2.88. The molecule has 1 saturated heterocycles. The second-order valence-corrected chi connectivity index (χ2v) is 5.49. The Morgan fingerprint density at radius 1 is 1.35 bits per heavy atom. The number of nitrogens with one attached hydrogen (secondary N) is 1. The summed E-state index contributed by atoms with van der Waals surface area (Å²) < 4.78 is 11.4. The van der Waals surface area contributed by atoms with Gasteiger partial charge >= 0.3 is 0 Å². The quantitative estimate of drug-likeness (QED) is 0.927. The Balaban J connectivity index is 1.65. The van der Waals surface area contributed by atoms with E-state index in [1.165, 1.54) is 16.7 Å². The Kier molecular flexibility index (Phi) is 4.19. The van der Waals surface area contributed by atoms with Gasteiger partial charge < -0.3 is 14.5 Å². The van der Waals surface area contributed by atoms with Gasteiger partial charge in [-0.1, -0.05) is 29.8 Å². The Hall–Kier alpha value is -1.58. The van der Waals surface area contributed by atoms with Gasteiger partial charge in [0.2, 0.25) is 0 Å². The largest absolute Gasteiger partial charge is 0.472 e. The molecule has 1 aliphatic rings. The fourth-order valence-corrected chi connectivity index (χ4v) is 2.88. The highest BCUT2D eigenvalue weighted by Gasteiger charge is 2.27. The zero-order valence-corrected chi connectivity index (χ0v) is 11.8. The highest BCUT2D eigenvalue weighted by Crippen LogP contribution is 2.28. The van der Waals surface area contributed by atoms with Gasteiger partial charge in [-0.25, -0.2) is 0 Å². The second-order valence-electron chi connectivity index (χ2n) is 5.49. The maximum Gasteiger partial charge on any atom is 0.0938 e. The van der Waals surface area contributed by atoms with Crippen LogP contribution in [0.2, 0.25) is 0 Å². The van der Waals surface area contributed by atoms with E-state index in [4.69, 9.17) is 9.15 Å². The molecule has 0 radical (unpaired) electrons. The third-order valence-corrected chi connectivity index (χ3v) is 3.94. The molecule has 3 rings (SSSR count). The van der Waals surface area contributed by atoms with Crippen molar-refractivity contribution in [2.75, 3.05) is 13.1 Å². The molecule has 0 spiro atoms. The molecule has 0 bridgehead atoms. The van der Waals surface area contributed by atoms with E-state index in [-0.39, 0.29) is 6.10 Å². The molecular weight excluding hydrogens is 250 g/mol. The van der Waals surface area contributed by atoms with Crippen LogP contribution >= 0.6 is 0 Å². The molecule has 20 heavy (non-hydrogen) atoms. The van der Waals surface area contributed by atoms with Crippen LogP contribution in [0, 0.1) is 6.92 Å². The van der Waals surface area contributed by atoms with Crippen LogP contribution in [0.4, 0.5) is 0 Å². The number of ether oxygens (including phenoxy) is 1. The van der Waals surface area contributed by atoms with Crippen LogP contribution in [0.3, 0.4) is 0 Å². The maximum atomic E-state index is 6.16. The highest BCUT2D eigenvalue weighted by molar-refractivity contribution is 5.22. The molecule has 1 fully saturated rings. The summed E-state index contributed by atoms with van der Waals surface area (Å²) >= 11 is 0. The Morgan fingerprint density at radius 2 is 2.30 bits per heavy atom. The van der Waals surface area contributed by atoms with Crippen LogP contribution in [0.1, 0.15) is 29.0 Å². The summed E-state index contributed by atoms with van der Waals surface area (Å²) in [5.41, 5.74) is 3.77. The molecule has 2 atom stereocenters. The number of benzene rings is 1. The van der Waals surface area contributed by atoms with E-state index < -0.39 is 0 Å². The summed E-state index contributed by atoms with van der Waals surface area (Å²) in [7, 11) is 0. The van der Waals surface area contributed by atoms with Crippen molar-refractivity contribution >= 4 is 0 Å². The summed E-state index contributed by atoms with van der Waals surface area (Å²) in [5, 5.41) is 3.42. The molecular formula is C17H21NO2. The standard InChI is InChI=1S/C17H21NO2/c1-13-3-2-4-14(9-13)11-20-17-10-18-7-5-16(17)15-6-8-19-12-15/h2-4,6,8-9,12,16-18H,5,7,10-11H2,1H3/t16-,17-/m0/s1. The molecule has 0 saturated carbocycles. The zero-order valence-electron chi connectivity index (χ0n) is 11.8. The first-order valence-electron chi connectivity index (χ1n) is 7.23. The van der Waals surface area contributed by atoms with Gasteiger partial charge in [-0.15, -0.1) is 0 Å². The summed E-state index contributed by atoms with van der Waals surface area (Å²) in [6.07, 6.45) is 4.90. The minimum atomic E-state index is 0.210. The van der Waals surface area contributed by atoms with Gasteiger partial charge in [0, 0.05) is 12.5 Å². The van der Waals surface area contributed by atoms with Crippen molar-refractivity contribution in [3.63, 3.8) is 0 Å². The molecule has 3 nitrogen and oxygen atoms in total. The minimum Gasteiger partial charge on any atom is -0.472 e. The summed E-state index contributed by atoms with van der Waals surface area (Å²) in [5.74, 6) is 0.430. The molecule has 1 aliphatic heterocycles. The minimum absolute atomic E-state index is 0.210. The molecule has 3 heteroatoms. The number of rotatable bonds is 4. The van der Waals surface area contributed by atoms with Crippen molar-refractivity contribution in [3.8, 4) is 0 Å². The van der Waals surface area contributed by atoms with E-state index in [2.05, 4.69) is 42.6 Å².